The predicted octanol–water partition coefficient (Wildman–Crippen LogP) is 2.25. The van der Waals surface area contributed by atoms with Crippen LogP contribution in [0.5, 0.6) is 0 Å². The van der Waals surface area contributed by atoms with Crippen LogP contribution in [0.15, 0.2) is 24.4 Å². The number of pyridine rings is 1. The zero-order valence-electron chi connectivity index (χ0n) is 9.65. The first-order valence-corrected chi connectivity index (χ1v) is 6.02. The molecule has 1 fully saturated rings. The summed E-state index contributed by atoms with van der Waals surface area (Å²) in [6.07, 6.45) is 7.25. The highest BCUT2D eigenvalue weighted by atomic mass is 15.3. The summed E-state index contributed by atoms with van der Waals surface area (Å²) >= 11 is 0. The molecule has 0 N–H and O–H groups in total. The Balaban J connectivity index is 1.87. The lowest BCUT2D eigenvalue weighted by atomic mass is 10.1. The van der Waals surface area contributed by atoms with Crippen molar-refractivity contribution in [2.75, 3.05) is 26.7 Å². The Labute approximate surface area is 92.5 Å². The van der Waals surface area contributed by atoms with Crippen molar-refractivity contribution >= 4 is 0 Å². The van der Waals surface area contributed by atoms with Crippen molar-refractivity contribution in [1.29, 1.82) is 0 Å². The van der Waals surface area contributed by atoms with Gasteiger partial charge in [0.1, 0.15) is 0 Å². The lowest BCUT2D eigenvalue weighted by Gasteiger charge is -2.37. The monoisotopic (exact) mass is 205 g/mol. The van der Waals surface area contributed by atoms with Crippen LogP contribution in [0.2, 0.25) is 0 Å². The fourth-order valence-electron chi connectivity index (χ4n) is 2.43. The summed E-state index contributed by atoms with van der Waals surface area (Å²) in [4.78, 5) is 4.38. The number of nitrogens with zero attached hydrogens (tertiary/aromatic N) is 2. The van der Waals surface area contributed by atoms with E-state index in [2.05, 4.69) is 24.2 Å². The highest BCUT2D eigenvalue weighted by Crippen LogP contribution is 2.16. The van der Waals surface area contributed by atoms with Crippen LogP contribution in [0.25, 0.3) is 0 Å². The van der Waals surface area contributed by atoms with E-state index < -0.39 is 0 Å². The van der Waals surface area contributed by atoms with Crippen LogP contribution in [0.1, 0.15) is 25.0 Å². The highest BCUT2D eigenvalue weighted by molar-refractivity contribution is 5.03. The molecule has 82 valence electrons. The van der Waals surface area contributed by atoms with Crippen LogP contribution in [-0.4, -0.2) is 36.1 Å². The Kier molecular flexibility index (Phi) is 3.37. The number of piperidine rings is 1. The SMILES string of the molecule is C[N+]1(CCc2ccccn2)CCCCC1. The van der Waals surface area contributed by atoms with Crippen molar-refractivity contribution in [3.63, 3.8) is 0 Å². The smallest absolute Gasteiger partial charge is 0.0840 e. The van der Waals surface area contributed by atoms with E-state index in [0.717, 1.165) is 6.42 Å². The maximum atomic E-state index is 4.38. The molecular formula is C13H21N2+. The van der Waals surface area contributed by atoms with Gasteiger partial charge in [0.05, 0.1) is 26.7 Å². The first-order chi connectivity index (χ1) is 7.29. The molecule has 0 saturated carbocycles. The van der Waals surface area contributed by atoms with Gasteiger partial charge < -0.3 is 4.48 Å². The molecule has 0 unspecified atom stereocenters. The highest BCUT2D eigenvalue weighted by Gasteiger charge is 2.24. The molecule has 0 aromatic carbocycles. The van der Waals surface area contributed by atoms with E-state index in [1.54, 1.807) is 0 Å². The third-order valence-electron chi connectivity index (χ3n) is 3.53. The van der Waals surface area contributed by atoms with Crippen LogP contribution < -0.4 is 0 Å². The molecule has 0 aliphatic carbocycles. The van der Waals surface area contributed by atoms with Crippen molar-refractivity contribution < 1.29 is 4.48 Å². The second-order valence-electron chi connectivity index (χ2n) is 4.92. The first-order valence-electron chi connectivity index (χ1n) is 6.02. The molecule has 0 atom stereocenters. The molecular weight excluding hydrogens is 184 g/mol. The van der Waals surface area contributed by atoms with Gasteiger partial charge >= 0.3 is 0 Å². The molecule has 1 aliphatic rings. The second kappa shape index (κ2) is 4.75. The fourth-order valence-corrected chi connectivity index (χ4v) is 2.43. The Hall–Kier alpha value is -0.890. The van der Waals surface area contributed by atoms with Gasteiger partial charge in [-0.2, -0.15) is 0 Å². The van der Waals surface area contributed by atoms with E-state index in [1.165, 1.54) is 49.1 Å². The summed E-state index contributed by atoms with van der Waals surface area (Å²) in [7, 11) is 2.39. The molecule has 15 heavy (non-hydrogen) atoms. The summed E-state index contributed by atoms with van der Waals surface area (Å²) < 4.78 is 1.25. The Bertz CT molecular complexity index is 289. The van der Waals surface area contributed by atoms with Gasteiger partial charge in [0.2, 0.25) is 0 Å². The van der Waals surface area contributed by atoms with Crippen molar-refractivity contribution in [1.82, 2.24) is 4.98 Å². The number of hydrogen-bond donors (Lipinski definition) is 0. The summed E-state index contributed by atoms with van der Waals surface area (Å²) in [6.45, 7) is 3.96. The van der Waals surface area contributed by atoms with Crippen LogP contribution in [-0.2, 0) is 6.42 Å². The largest absolute Gasteiger partial charge is 0.326 e. The zero-order chi connectivity index (χ0) is 10.6. The summed E-state index contributed by atoms with van der Waals surface area (Å²) in [6, 6.07) is 6.20. The van der Waals surface area contributed by atoms with E-state index in [9.17, 15) is 0 Å². The Morgan fingerprint density at radius 3 is 2.67 bits per heavy atom. The number of rotatable bonds is 3. The van der Waals surface area contributed by atoms with Gasteiger partial charge in [0.15, 0.2) is 0 Å². The predicted molar refractivity (Wildman–Crippen MR) is 62.6 cm³/mol. The van der Waals surface area contributed by atoms with E-state index in [1.807, 2.05) is 12.3 Å². The van der Waals surface area contributed by atoms with E-state index in [-0.39, 0.29) is 0 Å². The van der Waals surface area contributed by atoms with Gasteiger partial charge in [0, 0.05) is 18.3 Å². The Morgan fingerprint density at radius 1 is 1.20 bits per heavy atom. The molecule has 1 aromatic heterocycles. The zero-order valence-corrected chi connectivity index (χ0v) is 9.65. The maximum absolute atomic E-state index is 4.38. The number of hydrogen-bond acceptors (Lipinski definition) is 1. The number of aromatic nitrogens is 1. The molecule has 1 aromatic rings. The van der Waals surface area contributed by atoms with Gasteiger partial charge in [-0.05, 0) is 31.4 Å². The minimum absolute atomic E-state index is 1.12. The lowest BCUT2D eigenvalue weighted by molar-refractivity contribution is -0.913. The lowest BCUT2D eigenvalue weighted by Crippen LogP contribution is -2.49. The normalized spacial score (nSPS) is 20.1. The fraction of sp³-hybridized carbons (Fsp3) is 0.615. The summed E-state index contributed by atoms with van der Waals surface area (Å²) in [5.74, 6) is 0. The summed E-state index contributed by atoms with van der Waals surface area (Å²) in [5, 5.41) is 0. The van der Waals surface area contributed by atoms with Gasteiger partial charge in [0.25, 0.3) is 0 Å². The minimum atomic E-state index is 1.12. The summed E-state index contributed by atoms with van der Waals surface area (Å²) in [5.41, 5.74) is 1.24. The van der Waals surface area contributed by atoms with Crippen LogP contribution in [0, 0.1) is 0 Å². The molecule has 2 rings (SSSR count). The number of likely N-dealkylation sites (tertiary alicyclic amines) is 1. The van der Waals surface area contributed by atoms with Gasteiger partial charge in [-0.1, -0.05) is 6.07 Å². The maximum Gasteiger partial charge on any atom is 0.0840 e. The van der Waals surface area contributed by atoms with Crippen molar-refractivity contribution in [2.24, 2.45) is 0 Å². The average Bonchev–Trinajstić information content (AvgIpc) is 2.29. The van der Waals surface area contributed by atoms with Crippen molar-refractivity contribution in [3.8, 4) is 0 Å². The second-order valence-corrected chi connectivity index (χ2v) is 4.92. The molecule has 1 saturated heterocycles. The van der Waals surface area contributed by atoms with Crippen LogP contribution in [0.4, 0.5) is 0 Å². The van der Waals surface area contributed by atoms with Crippen LogP contribution in [0.3, 0.4) is 0 Å². The third-order valence-corrected chi connectivity index (χ3v) is 3.53. The first kappa shape index (κ1) is 10.6. The molecule has 2 nitrogen and oxygen atoms in total. The van der Waals surface area contributed by atoms with E-state index in [0.29, 0.717) is 0 Å². The van der Waals surface area contributed by atoms with Crippen molar-refractivity contribution in [3.05, 3.63) is 30.1 Å². The molecule has 2 heteroatoms. The van der Waals surface area contributed by atoms with Crippen LogP contribution >= 0.6 is 0 Å². The molecule has 0 radical (unpaired) electrons. The topological polar surface area (TPSA) is 12.9 Å². The quantitative estimate of drug-likeness (QED) is 0.690. The standard InChI is InChI=1S/C13H21N2/c1-15(10-5-2-6-11-15)12-8-13-7-3-4-9-14-13/h3-4,7,9H,2,5-6,8,10-12H2,1H3/q+1. The number of quaternary nitrogens is 1. The molecule has 2 heterocycles. The van der Waals surface area contributed by atoms with Gasteiger partial charge in [-0.25, -0.2) is 0 Å². The molecule has 0 amide bonds. The van der Waals surface area contributed by atoms with Gasteiger partial charge in [-0.15, -0.1) is 0 Å². The molecule has 1 aliphatic heterocycles. The molecule has 0 bridgehead atoms. The van der Waals surface area contributed by atoms with E-state index in [4.69, 9.17) is 0 Å². The Morgan fingerprint density at radius 2 is 2.00 bits per heavy atom. The van der Waals surface area contributed by atoms with E-state index >= 15 is 0 Å². The molecule has 0 spiro atoms. The third kappa shape index (κ3) is 3.03. The van der Waals surface area contributed by atoms with Crippen molar-refractivity contribution in [2.45, 2.75) is 25.7 Å². The minimum Gasteiger partial charge on any atom is -0.326 e. The number of likely N-dealkylation sites (N-methyl/N-ethyl adjacent to an activating group) is 1. The van der Waals surface area contributed by atoms with Gasteiger partial charge in [-0.3, -0.25) is 4.98 Å². The average molecular weight is 205 g/mol.